The van der Waals surface area contributed by atoms with Gasteiger partial charge in [0, 0.05) is 0 Å². The Morgan fingerprint density at radius 3 is 2.54 bits per heavy atom. The van der Waals surface area contributed by atoms with Gasteiger partial charge in [0.25, 0.3) is 0 Å². The highest BCUT2D eigenvalue weighted by Gasteiger charge is 2.11. The molecule has 0 aliphatic heterocycles. The van der Waals surface area contributed by atoms with Crippen LogP contribution in [0.1, 0.15) is 46.0 Å². The van der Waals surface area contributed by atoms with Crippen molar-refractivity contribution in [3.63, 3.8) is 0 Å². The topological polar surface area (TPSA) is 37.3 Å². The van der Waals surface area contributed by atoms with Gasteiger partial charge in [-0.2, -0.15) is 0 Å². The van der Waals surface area contributed by atoms with Gasteiger partial charge in [-0.25, -0.2) is 0 Å². The van der Waals surface area contributed by atoms with Gasteiger partial charge in [0.15, 0.2) is 0 Å². The van der Waals surface area contributed by atoms with E-state index in [1.807, 2.05) is 12.2 Å². The summed E-state index contributed by atoms with van der Waals surface area (Å²) in [7, 11) is 0. The Bertz CT molecular complexity index is 161. The van der Waals surface area contributed by atoms with Gasteiger partial charge in [-0.05, 0) is 12.8 Å². The summed E-state index contributed by atoms with van der Waals surface area (Å²) >= 11 is 0. The van der Waals surface area contributed by atoms with Crippen LogP contribution in [0.15, 0.2) is 12.2 Å². The summed E-state index contributed by atoms with van der Waals surface area (Å²) in [6, 6.07) is 0. The van der Waals surface area contributed by atoms with Gasteiger partial charge in [-0.15, -0.1) is 0 Å². The van der Waals surface area contributed by atoms with Crippen LogP contribution in [0.3, 0.4) is 0 Å². The lowest BCUT2D eigenvalue weighted by Gasteiger charge is -2.05. The molecule has 1 atom stereocenters. The summed E-state index contributed by atoms with van der Waals surface area (Å²) in [6.45, 7) is 4.17. The lowest BCUT2D eigenvalue weighted by molar-refractivity contribution is -0.140. The molecular formula is C11H20O2. The fraction of sp³-hybridized carbons (Fsp3) is 0.727. The lowest BCUT2D eigenvalue weighted by Crippen LogP contribution is -2.10. The Hall–Kier alpha value is -0.790. The Balaban J connectivity index is 3.86. The molecule has 0 amide bonds. The number of rotatable bonds is 7. The van der Waals surface area contributed by atoms with E-state index in [1.54, 1.807) is 0 Å². The molecule has 0 spiro atoms. The Labute approximate surface area is 80.7 Å². The summed E-state index contributed by atoms with van der Waals surface area (Å²) in [4.78, 5) is 10.7. The first kappa shape index (κ1) is 12.2. The average molecular weight is 184 g/mol. The third kappa shape index (κ3) is 6.38. The molecule has 0 heterocycles. The SMILES string of the molecule is CCC/C=C\C(CCCC)C(=O)O. The zero-order valence-corrected chi connectivity index (χ0v) is 8.62. The molecule has 1 N–H and O–H groups in total. The Morgan fingerprint density at radius 1 is 1.38 bits per heavy atom. The molecule has 76 valence electrons. The van der Waals surface area contributed by atoms with Crippen molar-refractivity contribution in [1.29, 1.82) is 0 Å². The van der Waals surface area contributed by atoms with Crippen LogP contribution in [0.25, 0.3) is 0 Å². The van der Waals surface area contributed by atoms with Crippen molar-refractivity contribution in [1.82, 2.24) is 0 Å². The highest BCUT2D eigenvalue weighted by Crippen LogP contribution is 2.11. The maximum absolute atomic E-state index is 10.7. The predicted molar refractivity (Wildman–Crippen MR) is 54.7 cm³/mol. The summed E-state index contributed by atoms with van der Waals surface area (Å²) < 4.78 is 0. The van der Waals surface area contributed by atoms with E-state index in [-0.39, 0.29) is 5.92 Å². The van der Waals surface area contributed by atoms with Crippen molar-refractivity contribution in [3.8, 4) is 0 Å². The Morgan fingerprint density at radius 2 is 2.08 bits per heavy atom. The van der Waals surface area contributed by atoms with Gasteiger partial charge in [0.05, 0.1) is 5.92 Å². The van der Waals surface area contributed by atoms with Crippen LogP contribution in [0.5, 0.6) is 0 Å². The fourth-order valence-corrected chi connectivity index (χ4v) is 1.15. The number of aliphatic carboxylic acids is 1. The van der Waals surface area contributed by atoms with Crippen LogP contribution in [0.2, 0.25) is 0 Å². The zero-order chi connectivity index (χ0) is 10.1. The van der Waals surface area contributed by atoms with E-state index in [9.17, 15) is 4.79 Å². The molecule has 2 heteroatoms. The summed E-state index contributed by atoms with van der Waals surface area (Å²) in [5.41, 5.74) is 0. The van der Waals surface area contributed by atoms with E-state index in [1.165, 1.54) is 0 Å². The van der Waals surface area contributed by atoms with E-state index in [2.05, 4.69) is 13.8 Å². The average Bonchev–Trinajstić information content (AvgIpc) is 2.10. The molecule has 0 aliphatic rings. The van der Waals surface area contributed by atoms with Gasteiger partial charge >= 0.3 is 5.97 Å². The molecule has 0 saturated heterocycles. The third-order valence-electron chi connectivity index (χ3n) is 2.01. The number of carbonyl (C=O) groups is 1. The molecule has 0 aliphatic carbocycles. The molecule has 0 fully saturated rings. The molecule has 0 aromatic rings. The second-order valence-electron chi connectivity index (χ2n) is 3.30. The molecule has 0 rings (SSSR count). The maximum Gasteiger partial charge on any atom is 0.310 e. The van der Waals surface area contributed by atoms with Gasteiger partial charge in [0.1, 0.15) is 0 Å². The second-order valence-corrected chi connectivity index (χ2v) is 3.30. The van der Waals surface area contributed by atoms with Crippen LogP contribution in [-0.2, 0) is 4.79 Å². The number of unbranched alkanes of at least 4 members (excludes halogenated alkanes) is 2. The van der Waals surface area contributed by atoms with Crippen LogP contribution in [0.4, 0.5) is 0 Å². The van der Waals surface area contributed by atoms with Crippen LogP contribution in [-0.4, -0.2) is 11.1 Å². The van der Waals surface area contributed by atoms with Gasteiger partial charge in [0.2, 0.25) is 0 Å². The molecule has 0 aromatic carbocycles. The summed E-state index contributed by atoms with van der Waals surface area (Å²) in [6.07, 6.45) is 8.70. The minimum absolute atomic E-state index is 0.272. The Kier molecular flexibility index (Phi) is 7.36. The molecule has 0 bridgehead atoms. The molecular weight excluding hydrogens is 164 g/mol. The number of allylic oxidation sites excluding steroid dienone is 1. The highest BCUT2D eigenvalue weighted by molar-refractivity contribution is 5.72. The van der Waals surface area contributed by atoms with E-state index in [0.717, 1.165) is 32.1 Å². The van der Waals surface area contributed by atoms with Gasteiger partial charge < -0.3 is 5.11 Å². The molecule has 1 unspecified atom stereocenters. The standard InChI is InChI=1S/C11H20O2/c1-3-5-7-9-10(11(12)13)8-6-4-2/h7,9-10H,3-6,8H2,1-2H3,(H,12,13)/b9-7-. The monoisotopic (exact) mass is 184 g/mol. The zero-order valence-electron chi connectivity index (χ0n) is 8.62. The van der Waals surface area contributed by atoms with Crippen LogP contribution < -0.4 is 0 Å². The van der Waals surface area contributed by atoms with Crippen molar-refractivity contribution in [2.75, 3.05) is 0 Å². The summed E-state index contributed by atoms with van der Waals surface area (Å²) in [5, 5.41) is 8.85. The van der Waals surface area contributed by atoms with E-state index >= 15 is 0 Å². The first-order valence-electron chi connectivity index (χ1n) is 5.11. The van der Waals surface area contributed by atoms with E-state index in [0.29, 0.717) is 0 Å². The molecule has 0 aromatic heterocycles. The lowest BCUT2D eigenvalue weighted by atomic mass is 10.0. The molecule has 0 radical (unpaired) electrons. The molecule has 0 saturated carbocycles. The van der Waals surface area contributed by atoms with Crippen LogP contribution in [0, 0.1) is 5.92 Å². The minimum atomic E-state index is -0.694. The highest BCUT2D eigenvalue weighted by atomic mass is 16.4. The first-order chi connectivity index (χ1) is 6.22. The van der Waals surface area contributed by atoms with Crippen molar-refractivity contribution in [2.45, 2.75) is 46.0 Å². The van der Waals surface area contributed by atoms with E-state index in [4.69, 9.17) is 5.11 Å². The number of hydrogen-bond donors (Lipinski definition) is 1. The first-order valence-corrected chi connectivity index (χ1v) is 5.11. The summed E-state index contributed by atoms with van der Waals surface area (Å²) in [5.74, 6) is -0.965. The normalized spacial score (nSPS) is 13.4. The minimum Gasteiger partial charge on any atom is -0.481 e. The van der Waals surface area contributed by atoms with Crippen molar-refractivity contribution in [3.05, 3.63) is 12.2 Å². The van der Waals surface area contributed by atoms with Crippen LogP contribution >= 0.6 is 0 Å². The second kappa shape index (κ2) is 7.84. The molecule has 2 nitrogen and oxygen atoms in total. The van der Waals surface area contributed by atoms with Crippen molar-refractivity contribution in [2.24, 2.45) is 5.92 Å². The van der Waals surface area contributed by atoms with E-state index < -0.39 is 5.97 Å². The number of carboxylic acids is 1. The fourth-order valence-electron chi connectivity index (χ4n) is 1.15. The third-order valence-corrected chi connectivity index (χ3v) is 2.01. The largest absolute Gasteiger partial charge is 0.481 e. The predicted octanol–water partition coefficient (Wildman–Crippen LogP) is 3.23. The molecule has 13 heavy (non-hydrogen) atoms. The number of carboxylic acid groups (broad SMARTS) is 1. The van der Waals surface area contributed by atoms with Gasteiger partial charge in [-0.1, -0.05) is 45.3 Å². The quantitative estimate of drug-likeness (QED) is 0.617. The number of hydrogen-bond acceptors (Lipinski definition) is 1. The van der Waals surface area contributed by atoms with Crippen molar-refractivity contribution >= 4 is 5.97 Å². The maximum atomic E-state index is 10.7. The van der Waals surface area contributed by atoms with Crippen molar-refractivity contribution < 1.29 is 9.90 Å². The smallest absolute Gasteiger partial charge is 0.310 e. The van der Waals surface area contributed by atoms with Gasteiger partial charge in [-0.3, -0.25) is 4.79 Å².